The van der Waals surface area contributed by atoms with Crippen LogP contribution >= 0.6 is 0 Å². The molecular weight excluding hydrogens is 248 g/mol. The van der Waals surface area contributed by atoms with E-state index in [9.17, 15) is 18.3 Å². The molecule has 0 fully saturated rings. The van der Waals surface area contributed by atoms with Crippen molar-refractivity contribution in [3.63, 3.8) is 0 Å². The van der Waals surface area contributed by atoms with Crippen molar-refractivity contribution in [3.8, 4) is 0 Å². The minimum Gasteiger partial charge on any atom is -0.451 e. The quantitative estimate of drug-likeness (QED) is 0.717. The van der Waals surface area contributed by atoms with Crippen LogP contribution in [0.15, 0.2) is 21.8 Å². The molecule has 7 nitrogen and oxygen atoms in total. The van der Waals surface area contributed by atoms with E-state index in [1.54, 1.807) is 4.72 Å². The standard InChI is InChI=1S/C9H14N2O5S/c1-9(2,13)6-4-7(16-5-6)17(14,15)11-8(12)10-3/h4-5,13H,1-3H3,(H2,10,11,12). The number of rotatable bonds is 3. The first-order valence-electron chi connectivity index (χ1n) is 4.73. The maximum absolute atomic E-state index is 11.6. The number of sulfonamides is 1. The molecule has 0 aliphatic heterocycles. The molecule has 0 aliphatic carbocycles. The summed E-state index contributed by atoms with van der Waals surface area (Å²) >= 11 is 0. The summed E-state index contributed by atoms with van der Waals surface area (Å²) in [4.78, 5) is 10.9. The van der Waals surface area contributed by atoms with E-state index in [1.807, 2.05) is 0 Å². The molecule has 1 heterocycles. The second-order valence-corrected chi connectivity index (χ2v) is 5.51. The van der Waals surface area contributed by atoms with Crippen molar-refractivity contribution in [1.82, 2.24) is 10.0 Å². The monoisotopic (exact) mass is 262 g/mol. The smallest absolute Gasteiger partial charge is 0.328 e. The molecule has 0 aromatic carbocycles. The van der Waals surface area contributed by atoms with Gasteiger partial charge < -0.3 is 14.8 Å². The molecule has 0 spiro atoms. The van der Waals surface area contributed by atoms with Gasteiger partial charge in [-0.05, 0) is 13.8 Å². The fourth-order valence-corrected chi connectivity index (χ4v) is 1.91. The molecule has 0 saturated heterocycles. The van der Waals surface area contributed by atoms with Crippen molar-refractivity contribution >= 4 is 16.1 Å². The van der Waals surface area contributed by atoms with Gasteiger partial charge >= 0.3 is 6.03 Å². The number of carbonyl (C=O) groups is 1. The molecule has 0 atom stereocenters. The molecule has 1 aromatic rings. The van der Waals surface area contributed by atoms with Crippen LogP contribution in [0.4, 0.5) is 4.79 Å². The van der Waals surface area contributed by atoms with Crippen molar-refractivity contribution in [2.24, 2.45) is 0 Å². The molecule has 96 valence electrons. The highest BCUT2D eigenvalue weighted by Crippen LogP contribution is 2.24. The highest BCUT2D eigenvalue weighted by molar-refractivity contribution is 7.89. The van der Waals surface area contributed by atoms with E-state index < -0.39 is 26.7 Å². The Labute approximate surface area is 98.9 Å². The molecule has 1 rings (SSSR count). The third-order valence-electron chi connectivity index (χ3n) is 2.00. The van der Waals surface area contributed by atoms with Crippen molar-refractivity contribution in [3.05, 3.63) is 17.9 Å². The Hall–Kier alpha value is -1.54. The highest BCUT2D eigenvalue weighted by Gasteiger charge is 2.25. The molecule has 0 bridgehead atoms. The van der Waals surface area contributed by atoms with Crippen LogP contribution in [0.3, 0.4) is 0 Å². The van der Waals surface area contributed by atoms with Gasteiger partial charge in [0.2, 0.25) is 5.09 Å². The molecule has 17 heavy (non-hydrogen) atoms. The average molecular weight is 262 g/mol. The van der Waals surface area contributed by atoms with Crippen LogP contribution in [-0.4, -0.2) is 26.6 Å². The number of carbonyl (C=O) groups excluding carboxylic acids is 1. The molecule has 0 radical (unpaired) electrons. The van der Waals surface area contributed by atoms with Crippen LogP contribution in [-0.2, 0) is 15.6 Å². The molecule has 1 aromatic heterocycles. The first kappa shape index (κ1) is 13.5. The number of aliphatic hydroxyl groups is 1. The van der Waals surface area contributed by atoms with E-state index in [1.165, 1.54) is 20.9 Å². The van der Waals surface area contributed by atoms with E-state index in [4.69, 9.17) is 4.42 Å². The van der Waals surface area contributed by atoms with Crippen LogP contribution in [0.5, 0.6) is 0 Å². The normalized spacial score (nSPS) is 12.2. The van der Waals surface area contributed by atoms with Gasteiger partial charge in [-0.3, -0.25) is 0 Å². The zero-order chi connectivity index (χ0) is 13.3. The lowest BCUT2D eigenvalue weighted by Crippen LogP contribution is -2.37. The van der Waals surface area contributed by atoms with Crippen LogP contribution in [0.25, 0.3) is 0 Å². The van der Waals surface area contributed by atoms with Crippen LogP contribution < -0.4 is 10.0 Å². The SMILES string of the molecule is CNC(=O)NS(=O)(=O)c1cc(C(C)(C)O)co1. The first-order chi connectivity index (χ1) is 7.66. The Bertz CT molecular complexity index is 512. The molecule has 8 heteroatoms. The summed E-state index contributed by atoms with van der Waals surface area (Å²) in [6.45, 7) is 2.97. The first-order valence-corrected chi connectivity index (χ1v) is 6.21. The van der Waals surface area contributed by atoms with Gasteiger partial charge in [-0.15, -0.1) is 0 Å². The lowest BCUT2D eigenvalue weighted by Gasteiger charge is -2.13. The lowest BCUT2D eigenvalue weighted by atomic mass is 10.0. The van der Waals surface area contributed by atoms with Crippen molar-refractivity contribution < 1.29 is 22.7 Å². The van der Waals surface area contributed by atoms with Crippen molar-refractivity contribution in [2.45, 2.75) is 24.5 Å². The fourth-order valence-electron chi connectivity index (χ4n) is 1.00. The van der Waals surface area contributed by atoms with Gasteiger partial charge in [-0.25, -0.2) is 9.52 Å². The van der Waals surface area contributed by atoms with Crippen LogP contribution in [0, 0.1) is 0 Å². The van der Waals surface area contributed by atoms with E-state index in [0.717, 1.165) is 12.3 Å². The second-order valence-electron chi connectivity index (χ2n) is 3.90. The third kappa shape index (κ3) is 3.21. The Morgan fingerprint density at radius 2 is 2.06 bits per heavy atom. The molecule has 0 unspecified atom stereocenters. The molecule has 2 amide bonds. The Morgan fingerprint density at radius 3 is 2.47 bits per heavy atom. The van der Waals surface area contributed by atoms with Gasteiger partial charge in [-0.2, -0.15) is 8.42 Å². The Kier molecular flexibility index (Phi) is 3.48. The number of hydrogen-bond acceptors (Lipinski definition) is 5. The maximum Gasteiger partial charge on any atom is 0.328 e. The predicted molar refractivity (Wildman–Crippen MR) is 58.7 cm³/mol. The van der Waals surface area contributed by atoms with Crippen molar-refractivity contribution in [1.29, 1.82) is 0 Å². The Balaban J connectivity index is 3.01. The van der Waals surface area contributed by atoms with Crippen LogP contribution in [0.2, 0.25) is 0 Å². The van der Waals surface area contributed by atoms with E-state index >= 15 is 0 Å². The number of hydrogen-bond donors (Lipinski definition) is 3. The van der Waals surface area contributed by atoms with Gasteiger partial charge in [0.25, 0.3) is 10.0 Å². The maximum atomic E-state index is 11.6. The van der Waals surface area contributed by atoms with E-state index in [0.29, 0.717) is 5.56 Å². The molecular formula is C9H14N2O5S. The van der Waals surface area contributed by atoms with Gasteiger partial charge in [0.1, 0.15) is 0 Å². The zero-order valence-corrected chi connectivity index (χ0v) is 10.5. The molecule has 0 saturated carbocycles. The molecule has 0 aliphatic rings. The Morgan fingerprint density at radius 1 is 1.47 bits per heavy atom. The zero-order valence-electron chi connectivity index (χ0n) is 9.64. The predicted octanol–water partition coefficient (Wildman–Crippen LogP) is 0.125. The number of urea groups is 1. The van der Waals surface area contributed by atoms with Gasteiger partial charge in [0.05, 0.1) is 11.9 Å². The minimum absolute atomic E-state index is 0.301. The lowest BCUT2D eigenvalue weighted by molar-refractivity contribution is 0.0779. The summed E-state index contributed by atoms with van der Waals surface area (Å²) in [6, 6.07) is 0.289. The largest absolute Gasteiger partial charge is 0.451 e. The number of amides is 2. The molecule has 3 N–H and O–H groups in total. The topological polar surface area (TPSA) is 109 Å². The second kappa shape index (κ2) is 4.38. The summed E-state index contributed by atoms with van der Waals surface area (Å²) < 4.78 is 29.7. The summed E-state index contributed by atoms with van der Waals surface area (Å²) in [7, 11) is -2.76. The number of nitrogens with one attached hydrogen (secondary N) is 2. The van der Waals surface area contributed by atoms with Gasteiger partial charge in [0, 0.05) is 18.7 Å². The number of furan rings is 1. The summed E-state index contributed by atoms with van der Waals surface area (Å²) in [6.07, 6.45) is 1.12. The van der Waals surface area contributed by atoms with E-state index in [-0.39, 0.29) is 0 Å². The van der Waals surface area contributed by atoms with Gasteiger partial charge in [-0.1, -0.05) is 0 Å². The summed E-state index contributed by atoms with van der Waals surface area (Å²) in [5, 5.41) is 11.3. The van der Waals surface area contributed by atoms with Gasteiger partial charge in [0.15, 0.2) is 0 Å². The summed E-state index contributed by atoms with van der Waals surface area (Å²) in [5.74, 6) is 0. The van der Waals surface area contributed by atoms with Crippen LogP contribution in [0.1, 0.15) is 19.4 Å². The average Bonchev–Trinajstić information content (AvgIpc) is 2.65. The highest BCUT2D eigenvalue weighted by atomic mass is 32.2. The van der Waals surface area contributed by atoms with E-state index in [2.05, 4.69) is 5.32 Å². The minimum atomic E-state index is -4.05. The fraction of sp³-hybridized carbons (Fsp3) is 0.444. The van der Waals surface area contributed by atoms with Crippen molar-refractivity contribution in [2.75, 3.05) is 7.05 Å². The third-order valence-corrected chi connectivity index (χ3v) is 3.20. The summed E-state index contributed by atoms with van der Waals surface area (Å²) in [5.41, 5.74) is -0.917.